The monoisotopic (exact) mass is 428 g/mol. The van der Waals surface area contributed by atoms with E-state index in [1.54, 1.807) is 54.6 Å². The number of amides is 2. The molecule has 0 aromatic heterocycles. The van der Waals surface area contributed by atoms with Crippen molar-refractivity contribution in [2.75, 3.05) is 23.9 Å². The van der Waals surface area contributed by atoms with E-state index in [0.29, 0.717) is 29.0 Å². The van der Waals surface area contributed by atoms with E-state index in [4.69, 9.17) is 4.74 Å². The molecule has 158 valence electrons. The summed E-state index contributed by atoms with van der Waals surface area (Å²) in [5.74, 6) is -1.000. The van der Waals surface area contributed by atoms with Crippen LogP contribution in [0.5, 0.6) is 0 Å². The fourth-order valence-electron chi connectivity index (χ4n) is 2.54. The van der Waals surface area contributed by atoms with Gasteiger partial charge in [0.25, 0.3) is 11.8 Å². The molecule has 0 saturated carbocycles. The summed E-state index contributed by atoms with van der Waals surface area (Å²) in [6, 6.07) is 14.1. The second-order valence-electron chi connectivity index (χ2n) is 6.46. The van der Waals surface area contributed by atoms with Gasteiger partial charge < -0.3 is 15.4 Å². The minimum atomic E-state index is -0.854. The maximum Gasteiger partial charge on any atom is 0.329 e. The zero-order chi connectivity index (χ0) is 21.9. The number of esters is 1. The van der Waals surface area contributed by atoms with Crippen LogP contribution >= 0.6 is 11.8 Å². The third kappa shape index (κ3) is 7.36. The number of hydrogen-bond donors (Lipinski definition) is 2. The van der Waals surface area contributed by atoms with Crippen LogP contribution in [0.3, 0.4) is 0 Å². The summed E-state index contributed by atoms with van der Waals surface area (Å²) in [4.78, 5) is 48.1. The van der Waals surface area contributed by atoms with Crippen LogP contribution in [0.2, 0.25) is 0 Å². The van der Waals surface area contributed by atoms with Crippen LogP contribution < -0.4 is 10.6 Å². The summed E-state index contributed by atoms with van der Waals surface area (Å²) in [5.41, 5.74) is 1.45. The van der Waals surface area contributed by atoms with Gasteiger partial charge in [-0.3, -0.25) is 14.4 Å². The lowest BCUT2D eigenvalue weighted by Crippen LogP contribution is -2.43. The van der Waals surface area contributed by atoms with Crippen LogP contribution in [0.4, 0.5) is 5.69 Å². The van der Waals surface area contributed by atoms with Crippen molar-refractivity contribution in [3.63, 3.8) is 0 Å². The van der Waals surface area contributed by atoms with Crippen molar-refractivity contribution < 1.29 is 23.9 Å². The van der Waals surface area contributed by atoms with E-state index in [9.17, 15) is 19.2 Å². The molecule has 0 bridgehead atoms. The number of carbonyl (C=O) groups is 4. The van der Waals surface area contributed by atoms with Crippen molar-refractivity contribution in [2.45, 2.75) is 19.4 Å². The largest absolute Gasteiger partial charge is 0.454 e. The van der Waals surface area contributed by atoms with Crippen molar-refractivity contribution in [2.24, 2.45) is 0 Å². The van der Waals surface area contributed by atoms with E-state index >= 15 is 0 Å². The predicted molar refractivity (Wildman–Crippen MR) is 117 cm³/mol. The number of anilines is 1. The quantitative estimate of drug-likeness (QED) is 0.446. The first-order chi connectivity index (χ1) is 14.4. The number of nitrogens with one attached hydrogen (secondary N) is 2. The Balaban J connectivity index is 1.90. The van der Waals surface area contributed by atoms with Crippen molar-refractivity contribution >= 4 is 41.0 Å². The van der Waals surface area contributed by atoms with Gasteiger partial charge in [-0.25, -0.2) is 4.79 Å². The molecule has 0 saturated heterocycles. The molecule has 0 aliphatic heterocycles. The number of carbonyl (C=O) groups excluding carboxylic acids is 4. The summed E-state index contributed by atoms with van der Waals surface area (Å²) in [5, 5.41) is 5.26. The van der Waals surface area contributed by atoms with Gasteiger partial charge in [0, 0.05) is 16.8 Å². The van der Waals surface area contributed by atoms with E-state index in [1.807, 2.05) is 6.26 Å². The Morgan fingerprint density at radius 2 is 1.63 bits per heavy atom. The van der Waals surface area contributed by atoms with E-state index < -0.39 is 24.5 Å². The van der Waals surface area contributed by atoms with Crippen molar-refractivity contribution in [1.82, 2.24) is 5.32 Å². The van der Waals surface area contributed by atoms with Gasteiger partial charge in [-0.15, -0.1) is 0 Å². The second kappa shape index (κ2) is 11.8. The topological polar surface area (TPSA) is 102 Å². The highest BCUT2D eigenvalue weighted by Crippen LogP contribution is 2.10. The molecule has 2 N–H and O–H groups in total. The van der Waals surface area contributed by atoms with Crippen LogP contribution in [0.1, 0.15) is 34.1 Å². The maximum absolute atomic E-state index is 12.4. The van der Waals surface area contributed by atoms with Crippen LogP contribution in [0, 0.1) is 0 Å². The van der Waals surface area contributed by atoms with Crippen LogP contribution in [0.15, 0.2) is 54.6 Å². The van der Waals surface area contributed by atoms with E-state index in [1.165, 1.54) is 18.7 Å². The van der Waals surface area contributed by atoms with Gasteiger partial charge in [0.15, 0.2) is 12.4 Å². The van der Waals surface area contributed by atoms with Gasteiger partial charge in [-0.05, 0) is 61.8 Å². The third-order valence-corrected chi connectivity index (χ3v) is 4.80. The smallest absolute Gasteiger partial charge is 0.329 e. The normalized spacial score (nSPS) is 11.3. The number of thioether (sulfide) groups is 1. The molecule has 2 rings (SSSR count). The molecule has 2 aromatic carbocycles. The van der Waals surface area contributed by atoms with Crippen LogP contribution in [-0.2, 0) is 14.3 Å². The SMILES string of the molecule is CSCC[C@H](NC(=O)c1ccccc1)C(=O)OCC(=O)Nc1ccc(C(C)=O)cc1. The minimum absolute atomic E-state index is 0.0735. The molecule has 8 heteroatoms. The minimum Gasteiger partial charge on any atom is -0.454 e. The number of ether oxygens (including phenoxy) is 1. The Morgan fingerprint density at radius 3 is 2.23 bits per heavy atom. The molecule has 1 atom stereocenters. The molecule has 0 aliphatic rings. The number of ketones is 1. The molecule has 0 radical (unpaired) electrons. The molecule has 30 heavy (non-hydrogen) atoms. The first-order valence-electron chi connectivity index (χ1n) is 9.33. The Kier molecular flexibility index (Phi) is 9.08. The van der Waals surface area contributed by atoms with Gasteiger partial charge in [-0.2, -0.15) is 11.8 Å². The first kappa shape index (κ1) is 23.2. The predicted octanol–water partition coefficient (Wildman–Crippen LogP) is 2.92. The van der Waals surface area contributed by atoms with Gasteiger partial charge in [0.2, 0.25) is 0 Å². The molecule has 2 amide bonds. The van der Waals surface area contributed by atoms with Crippen molar-refractivity contribution in [3.05, 3.63) is 65.7 Å². The zero-order valence-corrected chi connectivity index (χ0v) is 17.7. The van der Waals surface area contributed by atoms with Crippen molar-refractivity contribution in [1.29, 1.82) is 0 Å². The molecule has 2 aromatic rings. The summed E-state index contributed by atoms with van der Waals surface area (Å²) in [6.07, 6.45) is 2.28. The number of hydrogen-bond acceptors (Lipinski definition) is 6. The van der Waals surface area contributed by atoms with Crippen molar-refractivity contribution in [3.8, 4) is 0 Å². The highest BCUT2D eigenvalue weighted by molar-refractivity contribution is 7.98. The Bertz CT molecular complexity index is 884. The molecule has 0 fully saturated rings. The van der Waals surface area contributed by atoms with E-state index in [-0.39, 0.29) is 11.7 Å². The highest BCUT2D eigenvalue weighted by atomic mass is 32.2. The molecule has 7 nitrogen and oxygen atoms in total. The summed E-state index contributed by atoms with van der Waals surface area (Å²) in [6.45, 7) is 0.974. The molecule has 0 unspecified atom stereocenters. The summed E-state index contributed by atoms with van der Waals surface area (Å²) >= 11 is 1.54. The van der Waals surface area contributed by atoms with Gasteiger partial charge in [0.05, 0.1) is 0 Å². The van der Waals surface area contributed by atoms with Gasteiger partial charge in [-0.1, -0.05) is 18.2 Å². The Hall–Kier alpha value is -3.13. The first-order valence-corrected chi connectivity index (χ1v) is 10.7. The lowest BCUT2D eigenvalue weighted by Gasteiger charge is -2.17. The fourth-order valence-corrected chi connectivity index (χ4v) is 3.01. The molecule has 0 heterocycles. The van der Waals surface area contributed by atoms with E-state index in [0.717, 1.165) is 0 Å². The zero-order valence-electron chi connectivity index (χ0n) is 16.8. The fraction of sp³-hybridized carbons (Fsp3) is 0.273. The third-order valence-electron chi connectivity index (χ3n) is 4.16. The lowest BCUT2D eigenvalue weighted by molar-refractivity contribution is -0.149. The standard InChI is InChI=1S/C22H24N2O5S/c1-15(25)16-8-10-18(11-9-16)23-20(26)14-29-22(28)19(12-13-30-2)24-21(27)17-6-4-3-5-7-17/h3-11,19H,12-14H2,1-2H3,(H,23,26)(H,24,27)/t19-/m0/s1. The Labute approximate surface area is 179 Å². The molecular formula is C22H24N2O5S. The molecular weight excluding hydrogens is 404 g/mol. The van der Waals surface area contributed by atoms with Crippen LogP contribution in [0.25, 0.3) is 0 Å². The average molecular weight is 429 g/mol. The molecule has 0 spiro atoms. The van der Waals surface area contributed by atoms with Gasteiger partial charge in [0.1, 0.15) is 6.04 Å². The highest BCUT2D eigenvalue weighted by Gasteiger charge is 2.23. The lowest BCUT2D eigenvalue weighted by atomic mass is 10.1. The summed E-state index contributed by atoms with van der Waals surface area (Å²) in [7, 11) is 0. The molecule has 0 aliphatic carbocycles. The second-order valence-corrected chi connectivity index (χ2v) is 7.45. The number of Topliss-reactive ketones (excluding diaryl/α,β-unsaturated/α-hetero) is 1. The average Bonchev–Trinajstić information content (AvgIpc) is 2.75. The number of benzene rings is 2. The Morgan fingerprint density at radius 1 is 0.967 bits per heavy atom. The number of rotatable bonds is 10. The van der Waals surface area contributed by atoms with Gasteiger partial charge >= 0.3 is 5.97 Å². The maximum atomic E-state index is 12.4. The van der Waals surface area contributed by atoms with Crippen LogP contribution in [-0.4, -0.2) is 48.2 Å². The summed E-state index contributed by atoms with van der Waals surface area (Å²) < 4.78 is 5.10. The van der Waals surface area contributed by atoms with E-state index in [2.05, 4.69) is 10.6 Å².